The molecule has 0 bridgehead atoms. The highest BCUT2D eigenvalue weighted by Crippen LogP contribution is 2.41. The molecule has 6 nitrogen and oxygen atoms in total. The van der Waals surface area contributed by atoms with Crippen LogP contribution in [-0.2, 0) is 11.4 Å². The van der Waals surface area contributed by atoms with Crippen molar-refractivity contribution in [3.63, 3.8) is 0 Å². The minimum Gasteiger partial charge on any atom is -0.489 e. The zero-order valence-electron chi connectivity index (χ0n) is 14.5. The number of nitrogens with zero attached hydrogens (tertiary/aromatic N) is 1. The van der Waals surface area contributed by atoms with Gasteiger partial charge in [-0.1, -0.05) is 30.3 Å². The molecule has 2 heterocycles. The third-order valence-electron chi connectivity index (χ3n) is 4.53. The van der Waals surface area contributed by atoms with Crippen molar-refractivity contribution in [1.82, 2.24) is 4.37 Å². The summed E-state index contributed by atoms with van der Waals surface area (Å²) in [5, 5.41) is 11.8. The number of halogens is 1. The number of carbonyl (C=O) groups is 2. The first-order chi connectivity index (χ1) is 13.5. The monoisotopic (exact) mass is 398 g/mol. The fourth-order valence-electron chi connectivity index (χ4n) is 3.12. The molecule has 8 heteroatoms. The Labute approximate surface area is 163 Å². The van der Waals surface area contributed by atoms with Crippen molar-refractivity contribution in [3.05, 3.63) is 76.0 Å². The van der Waals surface area contributed by atoms with E-state index in [2.05, 4.69) is 9.69 Å². The number of ether oxygens (including phenoxy) is 1. The lowest BCUT2D eigenvalue weighted by Gasteiger charge is -2.22. The summed E-state index contributed by atoms with van der Waals surface area (Å²) >= 11 is 1.08. The van der Waals surface area contributed by atoms with Gasteiger partial charge in [0.05, 0.1) is 10.6 Å². The second-order valence-corrected chi connectivity index (χ2v) is 7.13. The van der Waals surface area contributed by atoms with E-state index in [1.54, 1.807) is 30.3 Å². The molecule has 2 N–H and O–H groups in total. The van der Waals surface area contributed by atoms with Crippen LogP contribution in [0.5, 0.6) is 5.75 Å². The molecule has 28 heavy (non-hydrogen) atoms. The van der Waals surface area contributed by atoms with E-state index >= 15 is 0 Å². The highest BCUT2D eigenvalue weighted by molar-refractivity contribution is 7.06. The smallest absolute Gasteiger partial charge is 0.357 e. The highest BCUT2D eigenvalue weighted by Gasteiger charge is 2.33. The van der Waals surface area contributed by atoms with Gasteiger partial charge < -0.3 is 15.2 Å². The predicted octanol–water partition coefficient (Wildman–Crippen LogP) is 4.03. The first-order valence-corrected chi connectivity index (χ1v) is 9.29. The van der Waals surface area contributed by atoms with E-state index in [0.29, 0.717) is 11.3 Å². The maximum Gasteiger partial charge on any atom is 0.357 e. The number of aromatic carboxylic acids is 1. The van der Waals surface area contributed by atoms with Crippen molar-refractivity contribution in [3.8, 4) is 5.75 Å². The zero-order valence-corrected chi connectivity index (χ0v) is 15.3. The summed E-state index contributed by atoms with van der Waals surface area (Å²) in [5.41, 5.74) is 1.46. The van der Waals surface area contributed by atoms with Gasteiger partial charge in [-0.15, -0.1) is 0 Å². The normalized spacial score (nSPS) is 15.6. The number of carbonyl (C=O) groups excluding carboxylic acids is 1. The molecule has 0 saturated heterocycles. The van der Waals surface area contributed by atoms with Gasteiger partial charge in [-0.3, -0.25) is 4.79 Å². The summed E-state index contributed by atoms with van der Waals surface area (Å²) < 4.78 is 23.3. The average molecular weight is 398 g/mol. The summed E-state index contributed by atoms with van der Waals surface area (Å²) in [6, 6.07) is 13.6. The number of benzene rings is 2. The second kappa shape index (κ2) is 7.40. The SMILES string of the molecule is O=C1C[C@@H](c2ccc(OCc3ccccc3F)cc2)c2snc(C(=O)O)c2N1. The van der Waals surface area contributed by atoms with Crippen molar-refractivity contribution in [2.75, 3.05) is 5.32 Å². The molecular formula is C20H15FN2O4S. The van der Waals surface area contributed by atoms with Crippen LogP contribution in [0.1, 0.15) is 38.8 Å². The molecule has 0 saturated carbocycles. The predicted molar refractivity (Wildman–Crippen MR) is 101 cm³/mol. The van der Waals surface area contributed by atoms with E-state index in [9.17, 15) is 19.1 Å². The Bertz CT molecular complexity index is 1050. The quantitative estimate of drug-likeness (QED) is 0.677. The molecular weight excluding hydrogens is 383 g/mol. The Morgan fingerprint density at radius 3 is 2.71 bits per heavy atom. The van der Waals surface area contributed by atoms with Gasteiger partial charge in [0.1, 0.15) is 18.2 Å². The van der Waals surface area contributed by atoms with Crippen molar-refractivity contribution < 1.29 is 23.8 Å². The van der Waals surface area contributed by atoms with Crippen molar-refractivity contribution in [2.24, 2.45) is 0 Å². The van der Waals surface area contributed by atoms with Crippen LogP contribution in [0.4, 0.5) is 10.1 Å². The maximum absolute atomic E-state index is 13.7. The number of anilines is 1. The van der Waals surface area contributed by atoms with Gasteiger partial charge in [0, 0.05) is 17.9 Å². The van der Waals surface area contributed by atoms with Crippen LogP contribution in [0.3, 0.4) is 0 Å². The number of aromatic nitrogens is 1. The maximum atomic E-state index is 13.7. The highest BCUT2D eigenvalue weighted by atomic mass is 32.1. The third kappa shape index (κ3) is 3.46. The Kier molecular flexibility index (Phi) is 4.79. The van der Waals surface area contributed by atoms with Crippen LogP contribution in [-0.4, -0.2) is 21.4 Å². The Morgan fingerprint density at radius 1 is 1.25 bits per heavy atom. The van der Waals surface area contributed by atoms with Gasteiger partial charge in [-0.05, 0) is 35.3 Å². The lowest BCUT2D eigenvalue weighted by atomic mass is 9.90. The minimum atomic E-state index is -1.17. The molecule has 1 aromatic heterocycles. The molecule has 1 aliphatic rings. The molecule has 1 atom stereocenters. The minimum absolute atomic E-state index is 0.110. The van der Waals surface area contributed by atoms with E-state index in [1.807, 2.05) is 12.1 Å². The Balaban J connectivity index is 1.54. The van der Waals surface area contributed by atoms with Crippen molar-refractivity contribution in [1.29, 1.82) is 0 Å². The van der Waals surface area contributed by atoms with Gasteiger partial charge in [0.25, 0.3) is 0 Å². The molecule has 0 spiro atoms. The number of hydrogen-bond donors (Lipinski definition) is 2. The lowest BCUT2D eigenvalue weighted by Crippen LogP contribution is -2.23. The fraction of sp³-hybridized carbons (Fsp3) is 0.150. The molecule has 142 valence electrons. The van der Waals surface area contributed by atoms with Crippen LogP contribution in [0.25, 0.3) is 0 Å². The molecule has 1 aliphatic heterocycles. The number of nitrogens with one attached hydrogen (secondary N) is 1. The zero-order chi connectivity index (χ0) is 19.7. The number of carboxylic acids is 1. The van der Waals surface area contributed by atoms with E-state index in [0.717, 1.165) is 22.0 Å². The third-order valence-corrected chi connectivity index (χ3v) is 5.49. The summed E-state index contributed by atoms with van der Waals surface area (Å²) in [4.78, 5) is 24.1. The molecule has 0 aliphatic carbocycles. The Morgan fingerprint density at radius 2 is 2.00 bits per heavy atom. The van der Waals surface area contributed by atoms with Crippen LogP contribution in [0.15, 0.2) is 48.5 Å². The van der Waals surface area contributed by atoms with E-state index < -0.39 is 5.97 Å². The number of carboxylic acid groups (broad SMARTS) is 1. The number of hydrogen-bond acceptors (Lipinski definition) is 5. The van der Waals surface area contributed by atoms with Crippen molar-refractivity contribution in [2.45, 2.75) is 18.9 Å². The molecule has 1 amide bonds. The summed E-state index contributed by atoms with van der Waals surface area (Å²) in [6.45, 7) is 0.110. The van der Waals surface area contributed by atoms with Gasteiger partial charge >= 0.3 is 5.97 Å². The lowest BCUT2D eigenvalue weighted by molar-refractivity contribution is -0.116. The first-order valence-electron chi connectivity index (χ1n) is 8.52. The van der Waals surface area contributed by atoms with Crippen LogP contribution < -0.4 is 10.1 Å². The van der Waals surface area contributed by atoms with E-state index in [-0.39, 0.29) is 42.1 Å². The second-order valence-electron chi connectivity index (χ2n) is 6.33. The molecule has 0 fully saturated rings. The number of fused-ring (bicyclic) bond motifs is 1. The van der Waals surface area contributed by atoms with Crippen LogP contribution in [0, 0.1) is 5.82 Å². The number of rotatable bonds is 5. The van der Waals surface area contributed by atoms with Gasteiger partial charge in [-0.2, -0.15) is 4.37 Å². The standard InChI is InChI=1S/C20H15FN2O4S/c21-15-4-2-1-3-12(15)10-27-13-7-5-11(6-8-13)14-9-16(24)22-17-18(20(25)26)23-28-19(14)17/h1-8,14H,9-10H2,(H,22,24)(H,25,26)/t14-/m0/s1. The average Bonchev–Trinajstić information content (AvgIpc) is 3.11. The van der Waals surface area contributed by atoms with Gasteiger partial charge in [0.2, 0.25) is 5.91 Å². The molecule has 2 aromatic carbocycles. The fourth-order valence-corrected chi connectivity index (χ4v) is 4.06. The topological polar surface area (TPSA) is 88.5 Å². The summed E-state index contributed by atoms with van der Waals surface area (Å²) in [6.07, 6.45) is 0.212. The molecule has 3 aromatic rings. The summed E-state index contributed by atoms with van der Waals surface area (Å²) in [7, 11) is 0. The van der Waals surface area contributed by atoms with Crippen LogP contribution >= 0.6 is 11.5 Å². The molecule has 0 unspecified atom stereocenters. The van der Waals surface area contributed by atoms with Gasteiger partial charge in [0.15, 0.2) is 5.69 Å². The van der Waals surface area contributed by atoms with Gasteiger partial charge in [-0.25, -0.2) is 9.18 Å². The van der Waals surface area contributed by atoms with Crippen LogP contribution in [0.2, 0.25) is 0 Å². The van der Waals surface area contributed by atoms with Crippen molar-refractivity contribution >= 4 is 29.1 Å². The van der Waals surface area contributed by atoms with E-state index in [4.69, 9.17) is 4.74 Å². The largest absolute Gasteiger partial charge is 0.489 e. The van der Waals surface area contributed by atoms with E-state index in [1.165, 1.54) is 6.07 Å². The first kappa shape index (κ1) is 18.1. The number of amides is 1. The molecule has 0 radical (unpaired) electrons. The Hall–Kier alpha value is -3.26. The molecule has 4 rings (SSSR count). The summed E-state index contributed by atoms with van der Waals surface area (Å²) in [5.74, 6) is -1.44.